The molecular formula is C17H21N4+. The lowest BCUT2D eigenvalue weighted by Crippen LogP contribution is -2.55. The van der Waals surface area contributed by atoms with Crippen molar-refractivity contribution >= 4 is 5.82 Å². The van der Waals surface area contributed by atoms with Crippen LogP contribution in [-0.4, -0.2) is 53.9 Å². The van der Waals surface area contributed by atoms with Crippen LogP contribution in [0.5, 0.6) is 0 Å². The molecule has 4 rings (SSSR count). The smallest absolute Gasteiger partial charge is 0.151 e. The highest BCUT2D eigenvalue weighted by atomic mass is 15.5. The molecule has 108 valence electrons. The third-order valence-corrected chi connectivity index (χ3v) is 5.08. The SMILES string of the molecule is C[N+]1(C)C[C@@H]2C[C@H]1CN2c1ccc(-c2ccccc2)nn1. The van der Waals surface area contributed by atoms with Gasteiger partial charge in [-0.05, 0) is 12.1 Å². The first-order valence-corrected chi connectivity index (χ1v) is 7.62. The Labute approximate surface area is 125 Å². The van der Waals surface area contributed by atoms with Crippen LogP contribution in [0.25, 0.3) is 11.3 Å². The molecule has 1 aromatic heterocycles. The van der Waals surface area contributed by atoms with Crippen molar-refractivity contribution in [3.05, 3.63) is 42.5 Å². The maximum atomic E-state index is 4.47. The molecule has 0 amide bonds. The largest absolute Gasteiger partial charge is 0.340 e. The van der Waals surface area contributed by atoms with Gasteiger partial charge in [-0.15, -0.1) is 10.2 Å². The molecule has 0 saturated carbocycles. The molecule has 0 N–H and O–H groups in total. The first-order valence-electron chi connectivity index (χ1n) is 7.62. The average molecular weight is 281 g/mol. The van der Waals surface area contributed by atoms with Gasteiger partial charge in [-0.25, -0.2) is 0 Å². The Morgan fingerprint density at radius 1 is 1.05 bits per heavy atom. The number of likely N-dealkylation sites (N-methyl/N-ethyl adjacent to an activating group) is 1. The fraction of sp³-hybridized carbons (Fsp3) is 0.412. The van der Waals surface area contributed by atoms with Crippen molar-refractivity contribution in [2.45, 2.75) is 18.5 Å². The van der Waals surface area contributed by atoms with Gasteiger partial charge < -0.3 is 9.38 Å². The van der Waals surface area contributed by atoms with E-state index in [1.807, 2.05) is 18.2 Å². The van der Waals surface area contributed by atoms with Crippen LogP contribution in [0.1, 0.15) is 6.42 Å². The summed E-state index contributed by atoms with van der Waals surface area (Å²) in [7, 11) is 4.68. The van der Waals surface area contributed by atoms with Crippen LogP contribution in [0.4, 0.5) is 5.82 Å². The molecule has 2 bridgehead atoms. The van der Waals surface area contributed by atoms with Gasteiger partial charge in [-0.3, -0.25) is 0 Å². The highest BCUT2D eigenvalue weighted by Gasteiger charge is 2.50. The standard InChI is InChI=1S/C17H21N4/c1-21(2)12-14-10-15(21)11-20(14)17-9-8-16(18-19-17)13-6-4-3-5-7-13/h3-9,14-15H,10-12H2,1-2H3/q+1/t14-,15-/m0/s1. The van der Waals surface area contributed by atoms with E-state index >= 15 is 0 Å². The van der Waals surface area contributed by atoms with E-state index in [-0.39, 0.29) is 0 Å². The Morgan fingerprint density at radius 2 is 1.86 bits per heavy atom. The molecular weight excluding hydrogens is 260 g/mol. The lowest BCUT2D eigenvalue weighted by Gasteiger charge is -2.38. The van der Waals surface area contributed by atoms with E-state index in [9.17, 15) is 0 Å². The van der Waals surface area contributed by atoms with Gasteiger partial charge in [0, 0.05) is 12.0 Å². The molecule has 2 aromatic rings. The van der Waals surface area contributed by atoms with Gasteiger partial charge in [0.15, 0.2) is 5.82 Å². The maximum Gasteiger partial charge on any atom is 0.151 e. The van der Waals surface area contributed by atoms with Gasteiger partial charge >= 0.3 is 0 Å². The van der Waals surface area contributed by atoms with Crippen molar-refractivity contribution in [2.75, 3.05) is 32.1 Å². The molecule has 0 aliphatic carbocycles. The molecule has 2 fully saturated rings. The molecule has 4 heteroatoms. The second kappa shape index (κ2) is 4.53. The molecule has 0 unspecified atom stereocenters. The Balaban J connectivity index is 1.56. The van der Waals surface area contributed by atoms with Crippen LogP contribution in [0.2, 0.25) is 0 Å². The van der Waals surface area contributed by atoms with Crippen LogP contribution >= 0.6 is 0 Å². The third kappa shape index (κ3) is 2.10. The first kappa shape index (κ1) is 12.8. The first-order chi connectivity index (χ1) is 10.1. The van der Waals surface area contributed by atoms with E-state index in [0.29, 0.717) is 6.04 Å². The van der Waals surface area contributed by atoms with E-state index in [1.165, 1.54) is 13.0 Å². The summed E-state index contributed by atoms with van der Waals surface area (Å²) in [6.45, 7) is 2.32. The van der Waals surface area contributed by atoms with E-state index in [4.69, 9.17) is 0 Å². The second-order valence-electron chi connectivity index (χ2n) is 6.80. The number of aromatic nitrogens is 2. The molecule has 21 heavy (non-hydrogen) atoms. The number of benzene rings is 1. The number of nitrogens with zero attached hydrogens (tertiary/aromatic N) is 4. The minimum Gasteiger partial charge on any atom is -0.340 e. The highest BCUT2D eigenvalue weighted by molar-refractivity contribution is 5.59. The van der Waals surface area contributed by atoms with Crippen LogP contribution in [0.3, 0.4) is 0 Å². The van der Waals surface area contributed by atoms with Crippen molar-refractivity contribution in [1.82, 2.24) is 10.2 Å². The number of anilines is 1. The van der Waals surface area contributed by atoms with Crippen molar-refractivity contribution in [3.63, 3.8) is 0 Å². The number of piperazine rings is 1. The van der Waals surface area contributed by atoms with Crippen LogP contribution in [0.15, 0.2) is 42.5 Å². The summed E-state index contributed by atoms with van der Waals surface area (Å²) in [5.41, 5.74) is 2.07. The number of quaternary nitrogens is 1. The van der Waals surface area contributed by atoms with E-state index in [0.717, 1.165) is 34.1 Å². The van der Waals surface area contributed by atoms with Gasteiger partial charge in [0.1, 0.15) is 6.04 Å². The molecule has 4 nitrogen and oxygen atoms in total. The Hall–Kier alpha value is -1.94. The zero-order chi connectivity index (χ0) is 14.4. The van der Waals surface area contributed by atoms with Crippen LogP contribution in [-0.2, 0) is 0 Å². The fourth-order valence-corrected chi connectivity index (χ4v) is 3.79. The molecule has 2 aliphatic rings. The Kier molecular flexibility index (Phi) is 2.76. The average Bonchev–Trinajstić information content (AvgIpc) is 3.04. The summed E-state index contributed by atoms with van der Waals surface area (Å²) in [6.07, 6.45) is 1.29. The van der Waals surface area contributed by atoms with E-state index in [1.54, 1.807) is 0 Å². The fourth-order valence-electron chi connectivity index (χ4n) is 3.79. The number of likely N-dealkylation sites (tertiary alicyclic amines) is 1. The molecule has 0 radical (unpaired) electrons. The van der Waals surface area contributed by atoms with Gasteiger partial charge in [-0.2, -0.15) is 0 Å². The number of rotatable bonds is 2. The number of hydrogen-bond donors (Lipinski definition) is 0. The van der Waals surface area contributed by atoms with Gasteiger partial charge in [0.2, 0.25) is 0 Å². The lowest BCUT2D eigenvalue weighted by molar-refractivity contribution is -0.903. The summed E-state index contributed by atoms with van der Waals surface area (Å²) in [5, 5.41) is 8.89. The molecule has 1 aromatic carbocycles. The summed E-state index contributed by atoms with van der Waals surface area (Å²) in [6, 6.07) is 15.8. The third-order valence-electron chi connectivity index (χ3n) is 5.08. The Morgan fingerprint density at radius 3 is 2.43 bits per heavy atom. The summed E-state index contributed by atoms with van der Waals surface area (Å²) in [5.74, 6) is 1.03. The summed E-state index contributed by atoms with van der Waals surface area (Å²) in [4.78, 5) is 2.44. The zero-order valence-corrected chi connectivity index (χ0v) is 12.6. The molecule has 2 saturated heterocycles. The molecule has 2 atom stereocenters. The predicted molar refractivity (Wildman–Crippen MR) is 84.0 cm³/mol. The lowest BCUT2D eigenvalue weighted by atomic mass is 10.1. The normalized spacial score (nSPS) is 26.3. The van der Waals surface area contributed by atoms with Gasteiger partial charge in [-0.1, -0.05) is 30.3 Å². The monoisotopic (exact) mass is 281 g/mol. The van der Waals surface area contributed by atoms with Crippen LogP contribution in [0, 0.1) is 0 Å². The van der Waals surface area contributed by atoms with E-state index < -0.39 is 0 Å². The minimum atomic E-state index is 0.627. The van der Waals surface area contributed by atoms with Crippen molar-refractivity contribution in [3.8, 4) is 11.3 Å². The highest BCUT2D eigenvalue weighted by Crippen LogP contribution is 2.36. The molecule has 3 heterocycles. The maximum absolute atomic E-state index is 4.47. The van der Waals surface area contributed by atoms with Gasteiger partial charge in [0.25, 0.3) is 0 Å². The van der Waals surface area contributed by atoms with Crippen molar-refractivity contribution in [1.29, 1.82) is 0 Å². The topological polar surface area (TPSA) is 29.0 Å². The van der Waals surface area contributed by atoms with Crippen LogP contribution < -0.4 is 4.90 Å². The molecule has 2 aliphatic heterocycles. The molecule has 0 spiro atoms. The quantitative estimate of drug-likeness (QED) is 0.790. The number of fused-ring (bicyclic) bond motifs is 2. The van der Waals surface area contributed by atoms with Crippen molar-refractivity contribution < 1.29 is 4.48 Å². The summed E-state index contributed by atoms with van der Waals surface area (Å²) >= 11 is 0. The second-order valence-corrected chi connectivity index (χ2v) is 6.80. The van der Waals surface area contributed by atoms with Gasteiger partial charge in [0.05, 0.1) is 38.9 Å². The Bertz CT molecular complexity index is 636. The summed E-state index contributed by atoms with van der Waals surface area (Å²) < 4.78 is 1.15. The number of hydrogen-bond acceptors (Lipinski definition) is 3. The minimum absolute atomic E-state index is 0.627. The van der Waals surface area contributed by atoms with Crippen molar-refractivity contribution in [2.24, 2.45) is 0 Å². The van der Waals surface area contributed by atoms with E-state index in [2.05, 4.69) is 53.5 Å². The zero-order valence-electron chi connectivity index (χ0n) is 12.6. The predicted octanol–water partition coefficient (Wildman–Crippen LogP) is 2.18.